The first kappa shape index (κ1) is 27.6. The fraction of sp³-hybridized carbons (Fsp3) is 0.138. The molecule has 40 heavy (non-hydrogen) atoms. The lowest BCUT2D eigenvalue weighted by Gasteiger charge is -2.24. The van der Waals surface area contributed by atoms with Gasteiger partial charge in [-0.2, -0.15) is 8.42 Å². The second-order valence-electron chi connectivity index (χ2n) is 8.74. The molecule has 4 aromatic rings. The quantitative estimate of drug-likeness (QED) is 0.234. The average molecular weight is 595 g/mol. The van der Waals surface area contributed by atoms with E-state index in [1.807, 2.05) is 0 Å². The van der Waals surface area contributed by atoms with Crippen LogP contribution in [0.15, 0.2) is 105 Å². The zero-order valence-electron chi connectivity index (χ0n) is 21.4. The molecule has 0 spiro atoms. The van der Waals surface area contributed by atoms with Crippen molar-refractivity contribution in [3.63, 3.8) is 0 Å². The Bertz CT molecular complexity index is 1910. The number of benzene rings is 3. The van der Waals surface area contributed by atoms with Crippen LogP contribution < -0.4 is 19.1 Å². The van der Waals surface area contributed by atoms with Crippen LogP contribution in [0.1, 0.15) is 31.0 Å². The number of thiazole rings is 1. The number of rotatable bonds is 7. The van der Waals surface area contributed by atoms with E-state index in [2.05, 4.69) is 4.99 Å². The number of esters is 1. The zero-order chi connectivity index (χ0) is 28.4. The third-order valence-electron chi connectivity index (χ3n) is 6.14. The molecule has 1 aromatic heterocycles. The summed E-state index contributed by atoms with van der Waals surface area (Å²) in [5.41, 5.74) is 1.33. The summed E-state index contributed by atoms with van der Waals surface area (Å²) in [7, 11) is -4.11. The topological polar surface area (TPSA) is 104 Å². The number of carbonyl (C=O) groups excluding carboxylic acids is 1. The number of fused-ring (bicyclic) bond motifs is 1. The first-order valence-corrected chi connectivity index (χ1v) is 14.8. The van der Waals surface area contributed by atoms with E-state index in [0.29, 0.717) is 26.6 Å². The first-order valence-electron chi connectivity index (χ1n) is 12.2. The Morgan fingerprint density at radius 1 is 1.05 bits per heavy atom. The molecule has 8 nitrogen and oxygen atoms in total. The number of nitrogens with zero attached hydrogens (tertiary/aromatic N) is 2. The molecule has 0 fully saturated rings. The van der Waals surface area contributed by atoms with Gasteiger partial charge in [0.2, 0.25) is 0 Å². The summed E-state index contributed by atoms with van der Waals surface area (Å²) in [5.74, 6) is -0.502. The zero-order valence-corrected chi connectivity index (χ0v) is 23.8. The molecule has 0 saturated carbocycles. The molecule has 0 N–H and O–H groups in total. The Morgan fingerprint density at radius 2 is 1.73 bits per heavy atom. The number of halogens is 1. The minimum absolute atomic E-state index is 0.00844. The minimum Gasteiger partial charge on any atom is -0.463 e. The van der Waals surface area contributed by atoms with Crippen LogP contribution in [0, 0.1) is 0 Å². The van der Waals surface area contributed by atoms with Crippen LogP contribution in [0.25, 0.3) is 6.08 Å². The number of ether oxygens (including phenoxy) is 1. The predicted octanol–water partition coefficient (Wildman–Crippen LogP) is 4.22. The number of carbonyl (C=O) groups is 1. The fourth-order valence-corrected chi connectivity index (χ4v) is 6.46. The maximum Gasteiger partial charge on any atom is 0.339 e. The summed E-state index contributed by atoms with van der Waals surface area (Å²) in [6.07, 6.45) is 1.56. The van der Waals surface area contributed by atoms with Crippen molar-refractivity contribution in [1.29, 1.82) is 0 Å². The van der Waals surface area contributed by atoms with Gasteiger partial charge in [0.1, 0.15) is 10.6 Å². The third kappa shape index (κ3) is 5.38. The fourth-order valence-electron chi connectivity index (χ4n) is 4.32. The molecule has 2 heterocycles. The summed E-state index contributed by atoms with van der Waals surface area (Å²) in [6, 6.07) is 20.4. The van der Waals surface area contributed by atoms with Crippen LogP contribution in [-0.2, 0) is 19.6 Å². The molecule has 0 saturated heterocycles. The number of aromatic nitrogens is 1. The Balaban J connectivity index is 1.65. The standard InChI is InChI=1S/C29H23ClN2O6S2/c1-3-37-28(34)25-18(2)31-29-32(26(25)19-13-15-21(30)16-14-19)27(33)24(39-29)17-20-9-7-8-12-23(20)38-40(35,36)22-10-5-4-6-11-22/h4-17,26H,3H2,1-2H3. The summed E-state index contributed by atoms with van der Waals surface area (Å²) in [5, 5.41) is 0.511. The van der Waals surface area contributed by atoms with E-state index in [1.54, 1.807) is 80.6 Å². The highest BCUT2D eigenvalue weighted by Crippen LogP contribution is 2.31. The highest BCUT2D eigenvalue weighted by molar-refractivity contribution is 7.87. The van der Waals surface area contributed by atoms with Crippen LogP contribution >= 0.6 is 22.9 Å². The molecule has 11 heteroatoms. The Labute approximate surface area is 239 Å². The monoisotopic (exact) mass is 594 g/mol. The minimum atomic E-state index is -4.11. The molecule has 5 rings (SSSR count). The molecule has 1 unspecified atom stereocenters. The SMILES string of the molecule is CCOC(=O)C1=C(C)N=c2sc(=Cc3ccccc3OS(=O)(=O)c3ccccc3)c(=O)n2C1c1ccc(Cl)cc1. The van der Waals surface area contributed by atoms with Gasteiger partial charge < -0.3 is 8.92 Å². The molecular weight excluding hydrogens is 572 g/mol. The van der Waals surface area contributed by atoms with E-state index in [4.69, 9.17) is 20.5 Å². The highest BCUT2D eigenvalue weighted by Gasteiger charge is 2.33. The van der Waals surface area contributed by atoms with E-state index in [-0.39, 0.29) is 27.4 Å². The van der Waals surface area contributed by atoms with Crippen LogP contribution in [-0.4, -0.2) is 25.6 Å². The Morgan fingerprint density at radius 3 is 2.42 bits per heavy atom. The second-order valence-corrected chi connectivity index (χ2v) is 11.7. The number of allylic oxidation sites excluding steroid dienone is 1. The van der Waals surface area contributed by atoms with Crippen molar-refractivity contribution in [1.82, 2.24) is 4.57 Å². The summed E-state index contributed by atoms with van der Waals surface area (Å²) in [6.45, 7) is 3.57. The van der Waals surface area contributed by atoms with Crippen molar-refractivity contribution in [3.8, 4) is 5.75 Å². The van der Waals surface area contributed by atoms with E-state index in [1.165, 1.54) is 22.8 Å². The third-order valence-corrected chi connectivity index (χ3v) is 8.62. The lowest BCUT2D eigenvalue weighted by atomic mass is 9.96. The maximum absolute atomic E-state index is 13.8. The van der Waals surface area contributed by atoms with Gasteiger partial charge in [-0.15, -0.1) is 0 Å². The van der Waals surface area contributed by atoms with Gasteiger partial charge in [0.15, 0.2) is 4.80 Å². The Kier molecular flexibility index (Phi) is 7.75. The van der Waals surface area contributed by atoms with E-state index < -0.39 is 27.7 Å². The van der Waals surface area contributed by atoms with Crippen LogP contribution in [0.4, 0.5) is 0 Å². The van der Waals surface area contributed by atoms with Crippen molar-refractivity contribution < 1.29 is 22.1 Å². The van der Waals surface area contributed by atoms with Gasteiger partial charge in [0.05, 0.1) is 28.5 Å². The van der Waals surface area contributed by atoms with Crippen molar-refractivity contribution in [3.05, 3.63) is 126 Å². The molecular formula is C29H23ClN2O6S2. The molecule has 1 aliphatic rings. The highest BCUT2D eigenvalue weighted by atomic mass is 35.5. The molecule has 204 valence electrons. The van der Waals surface area contributed by atoms with Gasteiger partial charge in [0, 0.05) is 10.6 Å². The lowest BCUT2D eigenvalue weighted by Crippen LogP contribution is -2.39. The van der Waals surface area contributed by atoms with Gasteiger partial charge in [-0.25, -0.2) is 9.79 Å². The van der Waals surface area contributed by atoms with E-state index >= 15 is 0 Å². The average Bonchev–Trinajstić information content (AvgIpc) is 3.24. The van der Waals surface area contributed by atoms with Gasteiger partial charge in [0.25, 0.3) is 5.56 Å². The summed E-state index contributed by atoms with van der Waals surface area (Å²) >= 11 is 7.23. The van der Waals surface area contributed by atoms with Gasteiger partial charge in [-0.05, 0) is 55.8 Å². The maximum atomic E-state index is 13.8. The lowest BCUT2D eigenvalue weighted by molar-refractivity contribution is -0.139. The molecule has 0 amide bonds. The van der Waals surface area contributed by atoms with E-state index in [9.17, 15) is 18.0 Å². The normalized spacial score (nSPS) is 15.4. The molecule has 1 atom stereocenters. The number of para-hydroxylation sites is 1. The summed E-state index contributed by atoms with van der Waals surface area (Å²) in [4.78, 5) is 31.8. The van der Waals surface area contributed by atoms with Crippen LogP contribution in [0.3, 0.4) is 0 Å². The number of hydrogen-bond donors (Lipinski definition) is 0. The second kappa shape index (κ2) is 11.2. The Hall–Kier alpha value is -3.99. The van der Waals surface area contributed by atoms with Crippen molar-refractivity contribution in [2.24, 2.45) is 4.99 Å². The predicted molar refractivity (Wildman–Crippen MR) is 153 cm³/mol. The largest absolute Gasteiger partial charge is 0.463 e. The molecule has 0 aliphatic carbocycles. The van der Waals surface area contributed by atoms with E-state index in [0.717, 1.165) is 11.3 Å². The van der Waals surface area contributed by atoms with Gasteiger partial charge in [-0.3, -0.25) is 9.36 Å². The molecule has 0 bridgehead atoms. The summed E-state index contributed by atoms with van der Waals surface area (Å²) < 4.78 is 38.2. The van der Waals surface area contributed by atoms with Crippen LogP contribution in [0.5, 0.6) is 5.75 Å². The molecule has 0 radical (unpaired) electrons. The van der Waals surface area contributed by atoms with Crippen molar-refractivity contribution >= 4 is 45.1 Å². The van der Waals surface area contributed by atoms with Crippen LogP contribution in [0.2, 0.25) is 5.02 Å². The first-order chi connectivity index (χ1) is 19.2. The van der Waals surface area contributed by atoms with Crippen molar-refractivity contribution in [2.75, 3.05) is 6.61 Å². The van der Waals surface area contributed by atoms with Crippen molar-refractivity contribution in [2.45, 2.75) is 24.8 Å². The van der Waals surface area contributed by atoms with Gasteiger partial charge >= 0.3 is 16.1 Å². The number of hydrogen-bond acceptors (Lipinski definition) is 8. The molecule has 1 aliphatic heterocycles. The molecule has 3 aromatic carbocycles. The smallest absolute Gasteiger partial charge is 0.339 e. The van der Waals surface area contributed by atoms with Gasteiger partial charge in [-0.1, -0.05) is 71.5 Å².